The Labute approximate surface area is 334 Å². The molecule has 0 aromatic heterocycles. The Kier molecular flexibility index (Phi) is 13.7. The van der Waals surface area contributed by atoms with Crippen molar-refractivity contribution in [3.05, 3.63) is 11.6 Å². The van der Waals surface area contributed by atoms with E-state index < -0.39 is 18.4 Å². The average Bonchev–Trinajstić information content (AvgIpc) is 3.09. The van der Waals surface area contributed by atoms with Crippen molar-refractivity contribution in [2.24, 2.45) is 56.7 Å². The highest BCUT2D eigenvalue weighted by molar-refractivity contribution is 5.84. The maximum Gasteiger partial charge on any atom is 0.308 e. The Morgan fingerprint density at radius 1 is 0.836 bits per heavy atom. The zero-order valence-electron chi connectivity index (χ0n) is 36.3. The maximum atomic E-state index is 14.5. The molecular weight excluding hydrogens is 691 g/mol. The minimum Gasteiger partial charge on any atom is -0.481 e. The lowest BCUT2D eigenvalue weighted by Gasteiger charge is -2.71. The molecule has 0 radical (unpaired) electrons. The van der Waals surface area contributed by atoms with Crippen molar-refractivity contribution < 1.29 is 34.1 Å². The van der Waals surface area contributed by atoms with Gasteiger partial charge in [-0.3, -0.25) is 14.4 Å². The molecule has 8 nitrogen and oxygen atoms in total. The molecule has 0 aromatic rings. The number of hydrogen-bond donors (Lipinski definition) is 3. The Morgan fingerprint density at radius 3 is 2.15 bits per heavy atom. The van der Waals surface area contributed by atoms with Crippen molar-refractivity contribution in [3.8, 4) is 0 Å². The number of allylic oxidation sites excluding steroid dienone is 2. The predicted octanol–water partition coefficient (Wildman–Crippen LogP) is 10.4. The monoisotopic (exact) mass is 770 g/mol. The zero-order chi connectivity index (χ0) is 40.5. The number of carbonyl (C=O) groups excluding carboxylic acids is 2. The molecule has 5 aliphatic carbocycles. The maximum absolute atomic E-state index is 14.5. The number of carboxylic acid groups (broad SMARTS) is 1. The van der Waals surface area contributed by atoms with Gasteiger partial charge in [0.2, 0.25) is 5.91 Å². The van der Waals surface area contributed by atoms with E-state index in [-0.39, 0.29) is 57.9 Å². The average molecular weight is 770 g/mol. The molecule has 0 aliphatic heterocycles. The number of fused-ring (bicyclic) bond motifs is 7. The highest BCUT2D eigenvalue weighted by Gasteiger charge is 2.69. The topological polar surface area (TPSA) is 122 Å². The molecule has 0 bridgehead atoms. The Balaban J connectivity index is 1.27. The number of hydrogen-bond acceptors (Lipinski definition) is 6. The van der Waals surface area contributed by atoms with E-state index in [4.69, 9.17) is 14.6 Å². The molecule has 5 aliphatic rings. The van der Waals surface area contributed by atoms with E-state index in [1.54, 1.807) is 5.57 Å². The number of unbranched alkanes of at least 4 members (excludes halogenated alkanes) is 7. The number of carboxylic acids is 1. The Hall–Kier alpha value is -1.93. The van der Waals surface area contributed by atoms with E-state index in [2.05, 4.69) is 59.9 Å². The van der Waals surface area contributed by atoms with Gasteiger partial charge in [0.15, 0.2) is 0 Å². The standard InChI is InChI=1S/C47H79NO7/c1-32-21-26-47(41(53)48-29-17-15-13-11-10-12-14-16-18-38(50)51)28-27-45(8)34(40(47)33(32)2)19-20-36-44(7)24-23-37(55-39(52)30-42(3,4)54-31-49)43(5,6)35(44)22-25-46(36,45)9/h19,32-33,35-37,40,49H,10-18,20-31H2,1-9H3,(H,48,53)(H,50,51)/t32-,33+,35?,36?,37?,40?,44+,45-,46-,47+/m1/s1. The van der Waals surface area contributed by atoms with Gasteiger partial charge in [-0.1, -0.05) is 98.6 Å². The van der Waals surface area contributed by atoms with Crippen LogP contribution < -0.4 is 5.32 Å². The number of esters is 1. The van der Waals surface area contributed by atoms with Gasteiger partial charge in [0.1, 0.15) is 12.9 Å². The van der Waals surface area contributed by atoms with Crippen molar-refractivity contribution in [2.45, 2.75) is 196 Å². The number of carbonyl (C=O) groups is 3. The van der Waals surface area contributed by atoms with Gasteiger partial charge in [0, 0.05) is 18.4 Å². The van der Waals surface area contributed by atoms with Crippen LogP contribution in [0.15, 0.2) is 11.6 Å². The number of nitrogens with one attached hydrogen (secondary N) is 1. The summed E-state index contributed by atoms with van der Waals surface area (Å²) in [6.45, 7) is 21.3. The molecular formula is C47H79NO7. The minimum atomic E-state index is -0.771. The second kappa shape index (κ2) is 17.1. The molecule has 1 amide bonds. The van der Waals surface area contributed by atoms with Crippen LogP contribution >= 0.6 is 0 Å². The molecule has 314 valence electrons. The fourth-order valence-corrected chi connectivity index (χ4v) is 13.7. The smallest absolute Gasteiger partial charge is 0.308 e. The van der Waals surface area contributed by atoms with Gasteiger partial charge >= 0.3 is 11.9 Å². The number of amides is 1. The third kappa shape index (κ3) is 8.48. The van der Waals surface area contributed by atoms with Crippen LogP contribution in [-0.2, 0) is 23.9 Å². The van der Waals surface area contributed by atoms with Crippen molar-refractivity contribution in [1.82, 2.24) is 5.32 Å². The third-order valence-corrected chi connectivity index (χ3v) is 17.3. The van der Waals surface area contributed by atoms with Gasteiger partial charge in [0.25, 0.3) is 0 Å². The van der Waals surface area contributed by atoms with Gasteiger partial charge in [-0.15, -0.1) is 0 Å². The van der Waals surface area contributed by atoms with E-state index >= 15 is 0 Å². The summed E-state index contributed by atoms with van der Waals surface area (Å²) in [4.78, 5) is 38.4. The summed E-state index contributed by atoms with van der Waals surface area (Å²) in [7, 11) is 0. The number of rotatable bonds is 17. The van der Waals surface area contributed by atoms with E-state index in [1.165, 1.54) is 12.8 Å². The van der Waals surface area contributed by atoms with Crippen LogP contribution in [0.3, 0.4) is 0 Å². The SMILES string of the molecule is C[C@@H]1CC[C@]2(C(=O)NCCCCCCCCCCC(=O)O)CC[C@]3(C)C(=CCC4[C@@]5(C)CCC(OC(=O)CC(C)(C)OCO)C(C)(C)C5CC[C@]43C)C2[C@H]1C. The first-order chi connectivity index (χ1) is 25.8. The van der Waals surface area contributed by atoms with Crippen LogP contribution in [0.1, 0.15) is 184 Å². The lowest BCUT2D eigenvalue weighted by atomic mass is 9.33. The minimum absolute atomic E-state index is 0.0447. The number of ether oxygens (including phenoxy) is 2. The van der Waals surface area contributed by atoms with Gasteiger partial charge in [-0.2, -0.15) is 0 Å². The largest absolute Gasteiger partial charge is 0.481 e. The van der Waals surface area contributed by atoms with Crippen molar-refractivity contribution in [2.75, 3.05) is 13.3 Å². The van der Waals surface area contributed by atoms with E-state index in [9.17, 15) is 19.5 Å². The normalized spacial score (nSPS) is 38.0. The molecule has 4 fully saturated rings. The Bertz CT molecular complexity index is 1400. The summed E-state index contributed by atoms with van der Waals surface area (Å²) >= 11 is 0. The van der Waals surface area contributed by atoms with Crippen LogP contribution in [0.5, 0.6) is 0 Å². The summed E-state index contributed by atoms with van der Waals surface area (Å²) in [5, 5.41) is 21.6. The first-order valence-electron chi connectivity index (χ1n) is 22.4. The van der Waals surface area contributed by atoms with E-state index in [1.807, 2.05) is 13.8 Å². The molecule has 5 rings (SSSR count). The lowest BCUT2D eigenvalue weighted by molar-refractivity contribution is -0.215. The van der Waals surface area contributed by atoms with Crippen LogP contribution in [-0.4, -0.2) is 53.1 Å². The summed E-state index contributed by atoms with van der Waals surface area (Å²) < 4.78 is 11.7. The van der Waals surface area contributed by atoms with Gasteiger partial charge < -0.3 is 25.0 Å². The van der Waals surface area contributed by atoms with Gasteiger partial charge in [-0.05, 0) is 130 Å². The lowest BCUT2D eigenvalue weighted by Crippen LogP contribution is -2.66. The number of aliphatic hydroxyl groups excluding tert-OH is 1. The van der Waals surface area contributed by atoms with Gasteiger partial charge in [-0.25, -0.2) is 0 Å². The molecule has 0 heterocycles. The Morgan fingerprint density at radius 2 is 1.49 bits per heavy atom. The van der Waals surface area contributed by atoms with Crippen LogP contribution in [0.2, 0.25) is 0 Å². The molecule has 4 saturated carbocycles. The highest BCUT2D eigenvalue weighted by Crippen LogP contribution is 2.76. The summed E-state index contributed by atoms with van der Waals surface area (Å²) in [6.07, 6.45) is 20.9. The van der Waals surface area contributed by atoms with Crippen molar-refractivity contribution in [3.63, 3.8) is 0 Å². The molecule has 0 saturated heterocycles. The molecule has 8 heteroatoms. The molecule has 0 spiro atoms. The van der Waals surface area contributed by atoms with E-state index in [0.29, 0.717) is 29.6 Å². The summed E-state index contributed by atoms with van der Waals surface area (Å²) in [5.41, 5.74) is 0.655. The fraction of sp³-hybridized carbons (Fsp3) is 0.894. The number of aliphatic carboxylic acids is 1. The van der Waals surface area contributed by atoms with Crippen LogP contribution in [0.25, 0.3) is 0 Å². The second-order valence-electron chi connectivity index (χ2n) is 21.1. The van der Waals surface area contributed by atoms with Crippen molar-refractivity contribution >= 4 is 17.8 Å². The fourth-order valence-electron chi connectivity index (χ4n) is 13.7. The second-order valence-corrected chi connectivity index (χ2v) is 21.1. The first-order valence-corrected chi connectivity index (χ1v) is 22.4. The molecule has 55 heavy (non-hydrogen) atoms. The summed E-state index contributed by atoms with van der Waals surface area (Å²) in [6, 6.07) is 0. The number of aliphatic hydroxyl groups is 1. The van der Waals surface area contributed by atoms with E-state index in [0.717, 1.165) is 103 Å². The highest BCUT2D eigenvalue weighted by atomic mass is 16.6. The molecule has 10 atom stereocenters. The third-order valence-electron chi connectivity index (χ3n) is 17.3. The van der Waals surface area contributed by atoms with Crippen LogP contribution in [0.4, 0.5) is 0 Å². The van der Waals surface area contributed by atoms with Crippen LogP contribution in [0, 0.1) is 56.7 Å². The zero-order valence-corrected chi connectivity index (χ0v) is 36.3. The predicted molar refractivity (Wildman–Crippen MR) is 218 cm³/mol. The summed E-state index contributed by atoms with van der Waals surface area (Å²) in [5.74, 6) is 1.67. The molecule has 3 N–H and O–H groups in total. The van der Waals surface area contributed by atoms with Crippen molar-refractivity contribution in [1.29, 1.82) is 0 Å². The quantitative estimate of drug-likeness (QED) is 0.0583. The first kappa shape index (κ1) is 44.2. The molecule has 4 unspecified atom stereocenters. The molecule has 0 aromatic carbocycles. The van der Waals surface area contributed by atoms with Gasteiger partial charge in [0.05, 0.1) is 17.4 Å².